The van der Waals surface area contributed by atoms with Crippen molar-refractivity contribution in [2.24, 2.45) is 5.10 Å². The molecule has 0 unspecified atom stereocenters. The molecule has 0 fully saturated rings. The molecule has 1 amide bonds. The number of carboxylic acids is 1. The van der Waals surface area contributed by atoms with Crippen molar-refractivity contribution >= 4 is 23.8 Å². The molecular formula is C17H17N3O3. The number of amides is 1. The third-order valence-corrected chi connectivity index (χ3v) is 3.18. The summed E-state index contributed by atoms with van der Waals surface area (Å²) in [5.74, 6) is -1.29. The average molecular weight is 311 g/mol. The summed E-state index contributed by atoms with van der Waals surface area (Å²) in [6.07, 6.45) is 1.46. The Bertz CT molecular complexity index is 720. The fourth-order valence-electron chi connectivity index (χ4n) is 1.85. The summed E-state index contributed by atoms with van der Waals surface area (Å²) in [6.45, 7) is 0. The molecule has 2 rings (SSSR count). The van der Waals surface area contributed by atoms with Crippen molar-refractivity contribution in [2.45, 2.75) is 0 Å². The van der Waals surface area contributed by atoms with Crippen LogP contribution in [-0.2, 0) is 0 Å². The average Bonchev–Trinajstić information content (AvgIpc) is 2.55. The van der Waals surface area contributed by atoms with Crippen molar-refractivity contribution in [2.75, 3.05) is 19.0 Å². The predicted octanol–water partition coefficient (Wildman–Crippen LogP) is 2.21. The Morgan fingerprint density at radius 3 is 2.09 bits per heavy atom. The number of benzene rings is 2. The van der Waals surface area contributed by atoms with Gasteiger partial charge in [0.25, 0.3) is 5.91 Å². The molecule has 0 aliphatic rings. The molecule has 0 bridgehead atoms. The largest absolute Gasteiger partial charge is 0.478 e. The van der Waals surface area contributed by atoms with Crippen LogP contribution in [0, 0.1) is 0 Å². The maximum absolute atomic E-state index is 11.9. The minimum atomic E-state index is -0.983. The molecule has 0 aliphatic heterocycles. The first-order chi connectivity index (χ1) is 11.0. The fraction of sp³-hybridized carbons (Fsp3) is 0.118. The summed E-state index contributed by atoms with van der Waals surface area (Å²) in [5, 5.41) is 12.7. The minimum absolute atomic E-state index is 0.201. The molecule has 0 spiro atoms. The standard InChI is InChI=1S/C17H17N3O3/c1-20(2)15-9-7-13(8-10-15)16(21)19-18-11-12-3-5-14(6-4-12)17(22)23/h3-11H,1-2H3,(H,19,21)(H,22,23)/b18-11-. The Labute approximate surface area is 134 Å². The monoisotopic (exact) mass is 311 g/mol. The van der Waals surface area contributed by atoms with E-state index >= 15 is 0 Å². The summed E-state index contributed by atoms with van der Waals surface area (Å²) in [7, 11) is 3.85. The highest BCUT2D eigenvalue weighted by molar-refractivity contribution is 5.95. The quantitative estimate of drug-likeness (QED) is 0.655. The number of carbonyl (C=O) groups excluding carboxylic acids is 1. The zero-order valence-corrected chi connectivity index (χ0v) is 12.9. The second-order valence-corrected chi connectivity index (χ2v) is 5.07. The van der Waals surface area contributed by atoms with Gasteiger partial charge in [-0.25, -0.2) is 10.2 Å². The van der Waals surface area contributed by atoms with Gasteiger partial charge in [0.2, 0.25) is 0 Å². The topological polar surface area (TPSA) is 82.0 Å². The Kier molecular flexibility index (Phi) is 5.09. The molecule has 118 valence electrons. The van der Waals surface area contributed by atoms with Crippen molar-refractivity contribution in [1.82, 2.24) is 5.43 Å². The number of nitrogens with one attached hydrogen (secondary N) is 1. The van der Waals surface area contributed by atoms with E-state index in [1.165, 1.54) is 18.3 Å². The third kappa shape index (κ3) is 4.41. The van der Waals surface area contributed by atoms with Gasteiger partial charge in [0.1, 0.15) is 0 Å². The number of aromatic carboxylic acids is 1. The van der Waals surface area contributed by atoms with Gasteiger partial charge in [-0.1, -0.05) is 12.1 Å². The van der Waals surface area contributed by atoms with Gasteiger partial charge in [-0.15, -0.1) is 0 Å². The SMILES string of the molecule is CN(C)c1ccc(C(=O)N/N=C\c2ccc(C(=O)O)cc2)cc1. The molecule has 0 atom stereocenters. The Balaban J connectivity index is 1.96. The van der Waals surface area contributed by atoms with Gasteiger partial charge in [-0.05, 0) is 42.0 Å². The lowest BCUT2D eigenvalue weighted by Gasteiger charge is -2.12. The van der Waals surface area contributed by atoms with Crippen molar-refractivity contribution in [3.8, 4) is 0 Å². The summed E-state index contributed by atoms with van der Waals surface area (Å²) in [6, 6.07) is 13.3. The number of anilines is 1. The lowest BCUT2D eigenvalue weighted by molar-refractivity contribution is 0.0696. The lowest BCUT2D eigenvalue weighted by atomic mass is 10.1. The smallest absolute Gasteiger partial charge is 0.335 e. The molecule has 2 aromatic rings. The molecule has 2 aromatic carbocycles. The minimum Gasteiger partial charge on any atom is -0.478 e. The number of hydrazone groups is 1. The first-order valence-electron chi connectivity index (χ1n) is 6.91. The molecule has 0 saturated carbocycles. The Morgan fingerprint density at radius 2 is 1.57 bits per heavy atom. The summed E-state index contributed by atoms with van der Waals surface area (Å²) in [5.41, 5.74) is 4.84. The van der Waals surface area contributed by atoms with Gasteiger partial charge < -0.3 is 10.0 Å². The molecule has 23 heavy (non-hydrogen) atoms. The first kappa shape index (κ1) is 16.2. The zero-order chi connectivity index (χ0) is 16.8. The fourth-order valence-corrected chi connectivity index (χ4v) is 1.85. The van der Waals surface area contributed by atoms with Crippen LogP contribution in [0.5, 0.6) is 0 Å². The number of carbonyl (C=O) groups is 2. The molecule has 6 nitrogen and oxygen atoms in total. The molecule has 0 aromatic heterocycles. The van der Waals surface area contributed by atoms with E-state index in [0.717, 1.165) is 5.69 Å². The van der Waals surface area contributed by atoms with E-state index in [1.807, 2.05) is 31.1 Å². The highest BCUT2D eigenvalue weighted by Crippen LogP contribution is 2.12. The van der Waals surface area contributed by atoms with E-state index in [4.69, 9.17) is 5.11 Å². The molecule has 2 N–H and O–H groups in total. The second kappa shape index (κ2) is 7.22. The number of nitrogens with zero attached hydrogens (tertiary/aromatic N) is 2. The van der Waals surface area contributed by atoms with Crippen LogP contribution in [0.3, 0.4) is 0 Å². The summed E-state index contributed by atoms with van der Waals surface area (Å²) >= 11 is 0. The van der Waals surface area contributed by atoms with Crippen LogP contribution in [-0.4, -0.2) is 37.3 Å². The van der Waals surface area contributed by atoms with Crippen LogP contribution in [0.2, 0.25) is 0 Å². The van der Waals surface area contributed by atoms with E-state index in [0.29, 0.717) is 11.1 Å². The number of hydrogen-bond donors (Lipinski definition) is 2. The predicted molar refractivity (Wildman–Crippen MR) is 89.2 cm³/mol. The molecule has 0 aliphatic carbocycles. The maximum Gasteiger partial charge on any atom is 0.335 e. The van der Waals surface area contributed by atoms with Crippen LogP contribution < -0.4 is 10.3 Å². The zero-order valence-electron chi connectivity index (χ0n) is 12.9. The molecule has 6 heteroatoms. The van der Waals surface area contributed by atoms with E-state index in [9.17, 15) is 9.59 Å². The van der Waals surface area contributed by atoms with E-state index < -0.39 is 5.97 Å². The Hall–Kier alpha value is -3.15. The van der Waals surface area contributed by atoms with Crippen LogP contribution in [0.25, 0.3) is 0 Å². The van der Waals surface area contributed by atoms with E-state index in [1.54, 1.807) is 24.3 Å². The molecule has 0 radical (unpaired) electrons. The first-order valence-corrected chi connectivity index (χ1v) is 6.91. The van der Waals surface area contributed by atoms with Gasteiger partial charge in [-0.2, -0.15) is 5.10 Å². The van der Waals surface area contributed by atoms with Crippen molar-refractivity contribution < 1.29 is 14.7 Å². The number of rotatable bonds is 5. The van der Waals surface area contributed by atoms with E-state index in [-0.39, 0.29) is 11.5 Å². The molecule has 0 heterocycles. The maximum atomic E-state index is 11.9. The van der Waals surface area contributed by atoms with Gasteiger partial charge in [0, 0.05) is 25.3 Å². The van der Waals surface area contributed by atoms with Crippen molar-refractivity contribution in [1.29, 1.82) is 0 Å². The lowest BCUT2D eigenvalue weighted by Crippen LogP contribution is -2.18. The van der Waals surface area contributed by atoms with E-state index in [2.05, 4.69) is 10.5 Å². The van der Waals surface area contributed by atoms with Gasteiger partial charge in [-0.3, -0.25) is 4.79 Å². The number of hydrogen-bond acceptors (Lipinski definition) is 4. The number of carboxylic acid groups (broad SMARTS) is 1. The highest BCUT2D eigenvalue weighted by Gasteiger charge is 2.04. The summed E-state index contributed by atoms with van der Waals surface area (Å²) in [4.78, 5) is 24.6. The van der Waals surface area contributed by atoms with Crippen LogP contribution in [0.4, 0.5) is 5.69 Å². The highest BCUT2D eigenvalue weighted by atomic mass is 16.4. The molecule has 0 saturated heterocycles. The van der Waals surface area contributed by atoms with Gasteiger partial charge >= 0.3 is 5.97 Å². The van der Waals surface area contributed by atoms with Crippen LogP contribution >= 0.6 is 0 Å². The molecular weight excluding hydrogens is 294 g/mol. The van der Waals surface area contributed by atoms with Crippen molar-refractivity contribution in [3.05, 3.63) is 65.2 Å². The van der Waals surface area contributed by atoms with Crippen molar-refractivity contribution in [3.63, 3.8) is 0 Å². The third-order valence-electron chi connectivity index (χ3n) is 3.18. The Morgan fingerprint density at radius 1 is 1.00 bits per heavy atom. The van der Waals surface area contributed by atoms with Gasteiger partial charge in [0.15, 0.2) is 0 Å². The normalized spacial score (nSPS) is 10.5. The van der Waals surface area contributed by atoms with Crippen LogP contribution in [0.1, 0.15) is 26.3 Å². The van der Waals surface area contributed by atoms with Crippen LogP contribution in [0.15, 0.2) is 53.6 Å². The van der Waals surface area contributed by atoms with Gasteiger partial charge in [0.05, 0.1) is 11.8 Å². The summed E-state index contributed by atoms with van der Waals surface area (Å²) < 4.78 is 0. The second-order valence-electron chi connectivity index (χ2n) is 5.07.